The lowest BCUT2D eigenvalue weighted by Crippen LogP contribution is -2.24. The molecule has 118 valence electrons. The highest BCUT2D eigenvalue weighted by atomic mass is 19.1. The zero-order chi connectivity index (χ0) is 15.8. The monoisotopic (exact) mass is 298 g/mol. The van der Waals surface area contributed by atoms with Gasteiger partial charge in [0.15, 0.2) is 0 Å². The van der Waals surface area contributed by atoms with E-state index in [1.807, 2.05) is 0 Å². The molecule has 3 N–H and O–H groups in total. The summed E-state index contributed by atoms with van der Waals surface area (Å²) >= 11 is 0. The van der Waals surface area contributed by atoms with Gasteiger partial charge < -0.3 is 11.1 Å². The molecular weight excluding hydrogens is 274 g/mol. The number of halogens is 2. The van der Waals surface area contributed by atoms with Crippen LogP contribution in [0.3, 0.4) is 0 Å². The van der Waals surface area contributed by atoms with Gasteiger partial charge in [-0.2, -0.15) is 0 Å². The number of nitrogen functional groups attached to an aromatic ring is 1. The minimum atomic E-state index is -0.908. The minimum absolute atomic E-state index is 0.0426. The van der Waals surface area contributed by atoms with Crippen molar-refractivity contribution in [1.82, 2.24) is 5.32 Å². The minimum Gasteiger partial charge on any atom is -0.394 e. The van der Waals surface area contributed by atoms with E-state index in [1.165, 1.54) is 12.8 Å². The van der Waals surface area contributed by atoms with Crippen LogP contribution < -0.4 is 11.1 Å². The van der Waals surface area contributed by atoms with E-state index in [1.54, 1.807) is 0 Å². The van der Waals surface area contributed by atoms with Crippen molar-refractivity contribution in [1.29, 1.82) is 0 Å². The summed E-state index contributed by atoms with van der Waals surface area (Å²) in [5.41, 5.74) is 4.56. The van der Waals surface area contributed by atoms with E-state index in [4.69, 9.17) is 5.73 Å². The molecule has 0 aromatic heterocycles. The highest BCUT2D eigenvalue weighted by Crippen LogP contribution is 2.17. The summed E-state index contributed by atoms with van der Waals surface area (Å²) in [7, 11) is 0. The Kier molecular flexibility index (Phi) is 7.12. The lowest BCUT2D eigenvalue weighted by atomic mass is 10.0. The quantitative estimate of drug-likeness (QED) is 0.565. The maximum Gasteiger partial charge on any atom is 0.251 e. The molecule has 0 atom stereocenters. The van der Waals surface area contributed by atoms with Crippen molar-refractivity contribution in [3.63, 3.8) is 0 Å². The van der Waals surface area contributed by atoms with E-state index in [9.17, 15) is 13.6 Å². The smallest absolute Gasteiger partial charge is 0.251 e. The Morgan fingerprint density at radius 2 is 1.71 bits per heavy atom. The fourth-order valence-corrected chi connectivity index (χ4v) is 2.05. The zero-order valence-electron chi connectivity index (χ0n) is 12.7. The fourth-order valence-electron chi connectivity index (χ4n) is 2.05. The highest BCUT2D eigenvalue weighted by molar-refractivity contribution is 5.94. The molecule has 0 aliphatic carbocycles. The Morgan fingerprint density at radius 3 is 2.29 bits per heavy atom. The first kappa shape index (κ1) is 17.4. The molecule has 0 aliphatic heterocycles. The van der Waals surface area contributed by atoms with Gasteiger partial charge in [-0.05, 0) is 24.5 Å². The van der Waals surface area contributed by atoms with E-state index in [0.29, 0.717) is 6.54 Å². The van der Waals surface area contributed by atoms with Gasteiger partial charge in [0.1, 0.15) is 17.3 Å². The Balaban J connectivity index is 2.28. The van der Waals surface area contributed by atoms with Crippen molar-refractivity contribution in [2.24, 2.45) is 5.92 Å². The van der Waals surface area contributed by atoms with Crippen LogP contribution in [0.4, 0.5) is 14.5 Å². The summed E-state index contributed by atoms with van der Waals surface area (Å²) in [5, 5.41) is 2.66. The second kappa shape index (κ2) is 8.60. The summed E-state index contributed by atoms with van der Waals surface area (Å²) in [6, 6.07) is 1.91. The lowest BCUT2D eigenvalue weighted by molar-refractivity contribution is 0.0952. The summed E-state index contributed by atoms with van der Waals surface area (Å²) < 4.78 is 26.5. The molecule has 3 nitrogen and oxygen atoms in total. The van der Waals surface area contributed by atoms with Crippen LogP contribution in [-0.2, 0) is 0 Å². The Bertz CT molecular complexity index is 452. The molecule has 1 aromatic rings. The molecule has 1 rings (SSSR count). The maximum absolute atomic E-state index is 13.2. The van der Waals surface area contributed by atoms with Crippen LogP contribution in [0.1, 0.15) is 56.3 Å². The largest absolute Gasteiger partial charge is 0.394 e. The van der Waals surface area contributed by atoms with Crippen LogP contribution in [0, 0.1) is 17.6 Å². The number of anilines is 1. The van der Waals surface area contributed by atoms with Crippen molar-refractivity contribution in [3.8, 4) is 0 Å². The molecule has 0 fully saturated rings. The van der Waals surface area contributed by atoms with Crippen molar-refractivity contribution >= 4 is 11.6 Å². The predicted octanol–water partition coefficient (Wildman–Crippen LogP) is 3.88. The van der Waals surface area contributed by atoms with Crippen LogP contribution in [0.15, 0.2) is 12.1 Å². The number of carbonyl (C=O) groups excluding carboxylic acids is 1. The number of nitrogens with one attached hydrogen (secondary N) is 1. The molecule has 5 heteroatoms. The van der Waals surface area contributed by atoms with E-state index in [0.717, 1.165) is 37.3 Å². The molecule has 0 heterocycles. The first-order valence-corrected chi connectivity index (χ1v) is 7.44. The first-order chi connectivity index (χ1) is 9.91. The van der Waals surface area contributed by atoms with Crippen LogP contribution >= 0.6 is 0 Å². The Morgan fingerprint density at radius 1 is 1.14 bits per heavy atom. The number of benzene rings is 1. The Hall–Kier alpha value is -1.65. The zero-order valence-corrected chi connectivity index (χ0v) is 12.7. The van der Waals surface area contributed by atoms with Gasteiger partial charge in [0.2, 0.25) is 0 Å². The van der Waals surface area contributed by atoms with Gasteiger partial charge in [-0.15, -0.1) is 0 Å². The molecule has 0 aliphatic rings. The number of nitrogens with two attached hydrogens (primary N) is 1. The molecule has 21 heavy (non-hydrogen) atoms. The second-order valence-electron chi connectivity index (χ2n) is 5.71. The molecule has 0 saturated heterocycles. The molecule has 1 aromatic carbocycles. The molecule has 0 radical (unpaired) electrons. The van der Waals surface area contributed by atoms with Crippen molar-refractivity contribution < 1.29 is 13.6 Å². The van der Waals surface area contributed by atoms with Crippen LogP contribution in [0.2, 0.25) is 0 Å². The third-order valence-electron chi connectivity index (χ3n) is 3.34. The van der Waals surface area contributed by atoms with Gasteiger partial charge in [-0.1, -0.05) is 39.5 Å². The molecular formula is C16H24F2N2O. The van der Waals surface area contributed by atoms with Crippen LogP contribution in [0.5, 0.6) is 0 Å². The van der Waals surface area contributed by atoms with Crippen molar-refractivity contribution in [3.05, 3.63) is 29.3 Å². The number of rotatable bonds is 8. The molecule has 0 bridgehead atoms. The van der Waals surface area contributed by atoms with Gasteiger partial charge in [0.05, 0.1) is 0 Å². The lowest BCUT2D eigenvalue weighted by Gasteiger charge is -2.07. The third kappa shape index (κ3) is 6.10. The summed E-state index contributed by atoms with van der Waals surface area (Å²) in [6.07, 6.45) is 5.46. The van der Waals surface area contributed by atoms with Gasteiger partial charge in [-0.3, -0.25) is 4.79 Å². The average molecular weight is 298 g/mol. The Labute approximate surface area is 124 Å². The SMILES string of the molecule is CC(C)CCCCCCNC(=O)c1cc(F)c(N)c(F)c1. The van der Waals surface area contributed by atoms with E-state index >= 15 is 0 Å². The fraction of sp³-hybridized carbons (Fsp3) is 0.562. The molecule has 1 amide bonds. The summed E-state index contributed by atoms with van der Waals surface area (Å²) in [5.74, 6) is -1.57. The second-order valence-corrected chi connectivity index (χ2v) is 5.71. The molecule has 0 spiro atoms. The van der Waals surface area contributed by atoms with Gasteiger partial charge >= 0.3 is 0 Å². The molecule has 0 saturated carbocycles. The predicted molar refractivity (Wildman–Crippen MR) is 81.0 cm³/mol. The van der Waals surface area contributed by atoms with Gasteiger partial charge in [0.25, 0.3) is 5.91 Å². The van der Waals surface area contributed by atoms with Crippen molar-refractivity contribution in [2.45, 2.75) is 46.0 Å². The summed E-state index contributed by atoms with van der Waals surface area (Å²) in [6.45, 7) is 4.91. The number of unbranched alkanes of at least 4 members (excludes halogenated alkanes) is 3. The van der Waals surface area contributed by atoms with Crippen LogP contribution in [-0.4, -0.2) is 12.5 Å². The standard InChI is InChI=1S/C16H24F2N2O/c1-11(2)7-5-3-4-6-8-20-16(21)12-9-13(17)15(19)14(18)10-12/h9-11H,3-8,19H2,1-2H3,(H,20,21). The maximum atomic E-state index is 13.2. The number of amides is 1. The number of hydrogen-bond acceptors (Lipinski definition) is 2. The van der Waals surface area contributed by atoms with E-state index in [2.05, 4.69) is 19.2 Å². The topological polar surface area (TPSA) is 55.1 Å². The van der Waals surface area contributed by atoms with Gasteiger partial charge in [0, 0.05) is 12.1 Å². The van der Waals surface area contributed by atoms with Crippen LogP contribution in [0.25, 0.3) is 0 Å². The van der Waals surface area contributed by atoms with E-state index < -0.39 is 23.2 Å². The highest BCUT2D eigenvalue weighted by Gasteiger charge is 2.12. The summed E-state index contributed by atoms with van der Waals surface area (Å²) in [4.78, 5) is 11.8. The number of carbonyl (C=O) groups is 1. The number of hydrogen-bond donors (Lipinski definition) is 2. The first-order valence-electron chi connectivity index (χ1n) is 7.44. The van der Waals surface area contributed by atoms with Crippen molar-refractivity contribution in [2.75, 3.05) is 12.3 Å². The molecule has 0 unspecified atom stereocenters. The normalized spacial score (nSPS) is 10.9. The van der Waals surface area contributed by atoms with Gasteiger partial charge in [-0.25, -0.2) is 8.78 Å². The van der Waals surface area contributed by atoms with E-state index in [-0.39, 0.29) is 5.56 Å². The average Bonchev–Trinajstić information content (AvgIpc) is 2.42. The third-order valence-corrected chi connectivity index (χ3v) is 3.34.